The quantitative estimate of drug-likeness (QED) is 0.689. The Labute approximate surface area is 127 Å². The molecular formula is C10H10BrN5O4S. The highest BCUT2D eigenvalue weighted by atomic mass is 79.9. The first-order valence-electron chi connectivity index (χ1n) is 5.56. The zero-order valence-corrected chi connectivity index (χ0v) is 13.1. The monoisotopic (exact) mass is 375 g/mol. The molecule has 0 aliphatic heterocycles. The van der Waals surface area contributed by atoms with Gasteiger partial charge in [0, 0.05) is 4.47 Å². The number of aromatic amines is 1. The summed E-state index contributed by atoms with van der Waals surface area (Å²) in [4.78, 5) is 10.9. The van der Waals surface area contributed by atoms with E-state index in [0.717, 1.165) is 6.07 Å². The molecule has 9 nitrogen and oxygen atoms in total. The van der Waals surface area contributed by atoms with Crippen LogP contribution in [0.3, 0.4) is 0 Å². The Bertz CT molecular complexity index is 775. The average molecular weight is 376 g/mol. The number of aromatic carboxylic acids is 1. The summed E-state index contributed by atoms with van der Waals surface area (Å²) in [7, 11) is -3.91. The minimum absolute atomic E-state index is 0.127. The van der Waals surface area contributed by atoms with Crippen LogP contribution in [-0.2, 0) is 16.6 Å². The van der Waals surface area contributed by atoms with E-state index in [9.17, 15) is 13.2 Å². The Kier molecular flexibility index (Phi) is 4.34. The summed E-state index contributed by atoms with van der Waals surface area (Å²) in [5.41, 5.74) is 0.271. The van der Waals surface area contributed by atoms with E-state index in [1.165, 1.54) is 6.07 Å². The maximum Gasteiger partial charge on any atom is 0.335 e. The van der Waals surface area contributed by atoms with Crippen LogP contribution in [0.25, 0.3) is 0 Å². The van der Waals surface area contributed by atoms with Crippen LogP contribution >= 0.6 is 15.9 Å². The topological polar surface area (TPSA) is 138 Å². The normalized spacial score (nSPS) is 11.5. The fraction of sp³-hybridized carbons (Fsp3) is 0.200. The van der Waals surface area contributed by atoms with E-state index in [0.29, 0.717) is 10.0 Å². The first kappa shape index (κ1) is 15.5. The van der Waals surface area contributed by atoms with Gasteiger partial charge in [0.15, 0.2) is 5.82 Å². The molecule has 1 aromatic carbocycles. The van der Waals surface area contributed by atoms with Gasteiger partial charge in [0.05, 0.1) is 17.0 Å². The Morgan fingerprint density at radius 2 is 2.19 bits per heavy atom. The fourth-order valence-electron chi connectivity index (χ4n) is 1.55. The summed E-state index contributed by atoms with van der Waals surface area (Å²) in [5, 5.41) is 21.8. The summed E-state index contributed by atoms with van der Waals surface area (Å²) in [5.74, 6) is -1.05. The van der Waals surface area contributed by atoms with Crippen LogP contribution < -0.4 is 4.72 Å². The van der Waals surface area contributed by atoms with Crippen molar-refractivity contribution in [3.8, 4) is 0 Å². The molecule has 0 aliphatic rings. The molecule has 112 valence electrons. The van der Waals surface area contributed by atoms with E-state index in [4.69, 9.17) is 5.11 Å². The van der Waals surface area contributed by atoms with Crippen molar-refractivity contribution in [2.24, 2.45) is 0 Å². The summed E-state index contributed by atoms with van der Waals surface area (Å²) in [6, 6.07) is 2.44. The number of sulfonamides is 1. The molecule has 0 saturated heterocycles. The number of carboxylic acid groups (broad SMARTS) is 1. The van der Waals surface area contributed by atoms with Crippen molar-refractivity contribution in [2.75, 3.05) is 0 Å². The maximum atomic E-state index is 12.3. The molecule has 0 amide bonds. The third-order valence-electron chi connectivity index (χ3n) is 2.64. The number of rotatable bonds is 5. The van der Waals surface area contributed by atoms with Gasteiger partial charge in [0.2, 0.25) is 10.0 Å². The average Bonchev–Trinajstić information content (AvgIpc) is 2.92. The molecule has 0 aliphatic carbocycles. The van der Waals surface area contributed by atoms with Gasteiger partial charge in [-0.3, -0.25) is 0 Å². The Balaban J connectivity index is 2.37. The third-order valence-corrected chi connectivity index (χ3v) is 4.99. The van der Waals surface area contributed by atoms with Crippen LogP contribution in [0.1, 0.15) is 21.7 Å². The number of hydrogen-bond acceptors (Lipinski definition) is 6. The van der Waals surface area contributed by atoms with E-state index in [-0.39, 0.29) is 22.8 Å². The largest absolute Gasteiger partial charge is 0.478 e. The van der Waals surface area contributed by atoms with Crippen molar-refractivity contribution < 1.29 is 18.3 Å². The molecule has 2 rings (SSSR count). The number of carbonyl (C=O) groups is 1. The molecule has 11 heteroatoms. The lowest BCUT2D eigenvalue weighted by Crippen LogP contribution is -2.25. The van der Waals surface area contributed by atoms with Gasteiger partial charge >= 0.3 is 5.97 Å². The van der Waals surface area contributed by atoms with Gasteiger partial charge in [-0.05, 0) is 24.6 Å². The predicted octanol–water partition coefficient (Wildman–Crippen LogP) is 0.447. The van der Waals surface area contributed by atoms with E-state index >= 15 is 0 Å². The second kappa shape index (κ2) is 5.87. The van der Waals surface area contributed by atoms with Crippen molar-refractivity contribution >= 4 is 31.9 Å². The number of benzene rings is 1. The van der Waals surface area contributed by atoms with Gasteiger partial charge in [0.1, 0.15) is 0 Å². The highest BCUT2D eigenvalue weighted by molar-refractivity contribution is 9.10. The number of nitrogens with zero attached hydrogens (tertiary/aromatic N) is 3. The van der Waals surface area contributed by atoms with Crippen molar-refractivity contribution in [3.05, 3.63) is 33.6 Å². The number of tetrazole rings is 1. The van der Waals surface area contributed by atoms with Gasteiger partial charge < -0.3 is 5.11 Å². The minimum Gasteiger partial charge on any atom is -0.478 e. The standard InChI is InChI=1S/C10H10BrN5O4S/c1-5-7(11)2-6(10(17)18)3-8(5)21(19,20)12-4-9-13-15-16-14-9/h2-3,12H,4H2,1H3,(H,17,18)(H,13,14,15,16). The van der Waals surface area contributed by atoms with Crippen LogP contribution in [0.15, 0.2) is 21.5 Å². The molecule has 2 aromatic rings. The molecule has 0 saturated carbocycles. The molecule has 0 bridgehead atoms. The van der Waals surface area contributed by atoms with E-state index in [1.54, 1.807) is 6.92 Å². The second-order valence-corrected chi connectivity index (χ2v) is 6.63. The van der Waals surface area contributed by atoms with Crippen LogP contribution in [-0.4, -0.2) is 40.1 Å². The summed E-state index contributed by atoms with van der Waals surface area (Å²) in [6.07, 6.45) is 0. The Morgan fingerprint density at radius 3 is 2.76 bits per heavy atom. The van der Waals surface area contributed by atoms with Crippen molar-refractivity contribution in [2.45, 2.75) is 18.4 Å². The summed E-state index contributed by atoms with van der Waals surface area (Å²) in [6.45, 7) is 1.41. The highest BCUT2D eigenvalue weighted by Crippen LogP contribution is 2.25. The Hall–Kier alpha value is -1.85. The van der Waals surface area contributed by atoms with Crippen molar-refractivity contribution in [1.29, 1.82) is 0 Å². The zero-order chi connectivity index (χ0) is 15.6. The van der Waals surface area contributed by atoms with Crippen LogP contribution in [0.4, 0.5) is 0 Å². The molecule has 0 unspecified atom stereocenters. The molecule has 0 fully saturated rings. The molecule has 1 heterocycles. The third kappa shape index (κ3) is 3.43. The summed E-state index contributed by atoms with van der Waals surface area (Å²) >= 11 is 3.15. The van der Waals surface area contributed by atoms with E-state index in [1.807, 2.05) is 0 Å². The Morgan fingerprint density at radius 1 is 1.48 bits per heavy atom. The van der Waals surface area contributed by atoms with Crippen LogP contribution in [0, 0.1) is 6.92 Å². The predicted molar refractivity (Wildman–Crippen MR) is 74.0 cm³/mol. The first-order valence-corrected chi connectivity index (χ1v) is 7.84. The highest BCUT2D eigenvalue weighted by Gasteiger charge is 2.21. The van der Waals surface area contributed by atoms with Crippen LogP contribution in [0.2, 0.25) is 0 Å². The lowest BCUT2D eigenvalue weighted by atomic mass is 10.1. The zero-order valence-electron chi connectivity index (χ0n) is 10.7. The molecule has 1 aromatic heterocycles. The number of aromatic nitrogens is 4. The van der Waals surface area contributed by atoms with Gasteiger partial charge in [-0.1, -0.05) is 21.1 Å². The lowest BCUT2D eigenvalue weighted by Gasteiger charge is -2.10. The molecule has 0 radical (unpaired) electrons. The number of hydrogen-bond donors (Lipinski definition) is 3. The van der Waals surface area contributed by atoms with Gasteiger partial charge in [-0.2, -0.15) is 5.21 Å². The number of H-pyrrole nitrogens is 1. The van der Waals surface area contributed by atoms with E-state index < -0.39 is 16.0 Å². The summed E-state index contributed by atoms with van der Waals surface area (Å²) < 4.78 is 27.2. The van der Waals surface area contributed by atoms with Crippen LogP contribution in [0.5, 0.6) is 0 Å². The van der Waals surface area contributed by atoms with Crippen molar-refractivity contribution in [1.82, 2.24) is 25.3 Å². The second-order valence-electron chi connectivity index (χ2n) is 4.04. The first-order chi connectivity index (χ1) is 9.81. The smallest absolute Gasteiger partial charge is 0.335 e. The number of halogens is 1. The SMILES string of the molecule is Cc1c(Br)cc(C(=O)O)cc1S(=O)(=O)NCc1nn[nH]n1. The van der Waals surface area contributed by atoms with Gasteiger partial charge in [0.25, 0.3) is 0 Å². The van der Waals surface area contributed by atoms with Crippen molar-refractivity contribution in [3.63, 3.8) is 0 Å². The molecular weight excluding hydrogens is 366 g/mol. The lowest BCUT2D eigenvalue weighted by molar-refractivity contribution is 0.0696. The molecule has 0 spiro atoms. The van der Waals surface area contributed by atoms with Gasteiger partial charge in [-0.15, -0.1) is 10.2 Å². The van der Waals surface area contributed by atoms with Gasteiger partial charge in [-0.25, -0.2) is 17.9 Å². The molecule has 3 N–H and O–H groups in total. The molecule has 21 heavy (non-hydrogen) atoms. The number of carboxylic acids is 1. The number of nitrogens with one attached hydrogen (secondary N) is 2. The molecule has 0 atom stereocenters. The fourth-order valence-corrected chi connectivity index (χ4v) is 3.41. The maximum absolute atomic E-state index is 12.3. The van der Waals surface area contributed by atoms with E-state index in [2.05, 4.69) is 41.3 Å². The minimum atomic E-state index is -3.91.